The highest BCUT2D eigenvalue weighted by atomic mass is 32.2. The van der Waals surface area contributed by atoms with Gasteiger partial charge in [-0.2, -0.15) is 5.10 Å². The monoisotopic (exact) mass is 489 g/mol. The van der Waals surface area contributed by atoms with Crippen molar-refractivity contribution in [2.24, 2.45) is 7.05 Å². The van der Waals surface area contributed by atoms with Gasteiger partial charge in [0.15, 0.2) is 9.84 Å². The van der Waals surface area contributed by atoms with E-state index in [2.05, 4.69) is 15.4 Å². The number of rotatable bonds is 7. The van der Waals surface area contributed by atoms with E-state index in [1.165, 1.54) is 0 Å². The van der Waals surface area contributed by atoms with Crippen molar-refractivity contribution in [3.05, 3.63) is 89.5 Å². The maximum absolute atomic E-state index is 12.6. The number of benzene rings is 2. The van der Waals surface area contributed by atoms with Crippen molar-refractivity contribution >= 4 is 21.5 Å². The van der Waals surface area contributed by atoms with Crippen LogP contribution in [0.2, 0.25) is 0 Å². The Morgan fingerprint density at radius 1 is 0.971 bits per heavy atom. The first kappa shape index (κ1) is 24.6. The summed E-state index contributed by atoms with van der Waals surface area (Å²) >= 11 is 0. The van der Waals surface area contributed by atoms with E-state index in [9.17, 15) is 8.42 Å². The maximum atomic E-state index is 12.6. The van der Waals surface area contributed by atoms with Crippen molar-refractivity contribution in [1.82, 2.24) is 19.7 Å². The molecule has 2 aromatic heterocycles. The molecule has 182 valence electrons. The van der Waals surface area contributed by atoms with Crippen molar-refractivity contribution in [2.45, 2.75) is 44.6 Å². The van der Waals surface area contributed by atoms with Crippen LogP contribution in [0.1, 0.15) is 43.2 Å². The average molecular weight is 490 g/mol. The second kappa shape index (κ2) is 9.62. The Hall–Kier alpha value is -3.52. The lowest BCUT2D eigenvalue weighted by molar-refractivity contribution is 0.559. The Morgan fingerprint density at radius 2 is 1.69 bits per heavy atom. The largest absolute Gasteiger partial charge is 0.324 e. The maximum Gasteiger partial charge on any atom is 0.227 e. The zero-order valence-corrected chi connectivity index (χ0v) is 21.6. The van der Waals surface area contributed by atoms with Gasteiger partial charge in [-0.3, -0.25) is 4.68 Å². The average Bonchev–Trinajstić information content (AvgIpc) is 3.22. The Morgan fingerprint density at radius 3 is 2.34 bits per heavy atom. The Balaban J connectivity index is 1.49. The number of anilines is 2. The van der Waals surface area contributed by atoms with Crippen LogP contribution in [0.4, 0.5) is 11.6 Å². The van der Waals surface area contributed by atoms with Crippen LogP contribution in [0.15, 0.2) is 67.1 Å². The third-order valence-electron chi connectivity index (χ3n) is 5.91. The molecule has 0 unspecified atom stereocenters. The minimum Gasteiger partial charge on any atom is -0.324 e. The molecule has 0 bridgehead atoms. The number of aryl methyl sites for hydroxylation is 2. The van der Waals surface area contributed by atoms with Crippen LogP contribution in [-0.4, -0.2) is 32.9 Å². The Bertz CT molecular complexity index is 1440. The fraction of sp³-hybridized carbons (Fsp3) is 0.296. The lowest BCUT2D eigenvalue weighted by atomic mass is 10.0. The van der Waals surface area contributed by atoms with E-state index in [1.807, 2.05) is 81.1 Å². The van der Waals surface area contributed by atoms with Crippen LogP contribution in [0.25, 0.3) is 11.1 Å². The van der Waals surface area contributed by atoms with E-state index < -0.39 is 14.6 Å². The van der Waals surface area contributed by atoms with E-state index in [1.54, 1.807) is 25.5 Å². The molecular weight excluding hydrogens is 458 g/mol. The lowest BCUT2D eigenvalue weighted by Crippen LogP contribution is -2.29. The van der Waals surface area contributed by atoms with Crippen molar-refractivity contribution in [1.29, 1.82) is 0 Å². The number of sulfone groups is 1. The summed E-state index contributed by atoms with van der Waals surface area (Å²) in [6.07, 6.45) is 6.21. The van der Waals surface area contributed by atoms with Gasteiger partial charge in [-0.05, 0) is 62.1 Å². The molecule has 7 nitrogen and oxygen atoms in total. The molecule has 0 radical (unpaired) electrons. The highest BCUT2D eigenvalue weighted by Gasteiger charge is 2.29. The zero-order chi connectivity index (χ0) is 25.2. The summed E-state index contributed by atoms with van der Waals surface area (Å²) < 4.78 is 26.3. The number of hydrogen-bond acceptors (Lipinski definition) is 6. The number of hydrogen-bond donors (Lipinski definition) is 1. The molecule has 2 heterocycles. The van der Waals surface area contributed by atoms with E-state index in [0.717, 1.165) is 39.2 Å². The highest BCUT2D eigenvalue weighted by Crippen LogP contribution is 2.24. The predicted octanol–water partition coefficient (Wildman–Crippen LogP) is 5.23. The first-order chi connectivity index (χ1) is 16.5. The van der Waals surface area contributed by atoms with Crippen LogP contribution in [0.5, 0.6) is 0 Å². The van der Waals surface area contributed by atoms with Crippen LogP contribution in [-0.2, 0) is 29.1 Å². The lowest BCUT2D eigenvalue weighted by Gasteiger charge is -2.19. The highest BCUT2D eigenvalue weighted by molar-refractivity contribution is 7.91. The molecule has 0 saturated carbocycles. The quantitative estimate of drug-likeness (QED) is 0.382. The van der Waals surface area contributed by atoms with Gasteiger partial charge in [0.2, 0.25) is 5.95 Å². The molecule has 0 saturated heterocycles. The Kier molecular flexibility index (Phi) is 6.76. The van der Waals surface area contributed by atoms with Gasteiger partial charge < -0.3 is 5.32 Å². The standard InChI is InChI=1S/C27H31N5O2S/c1-19-15-28-26(30-24-11-9-22(10-12-24)23-16-29-32(5)17-23)31-25(19)14-20-7-6-8-21(13-20)18-35(33,34)27(2,3)4/h6-13,15-17H,14,18H2,1-5H3,(H,28,30,31). The van der Waals surface area contributed by atoms with E-state index in [-0.39, 0.29) is 5.75 Å². The second-order valence-corrected chi connectivity index (χ2v) is 12.5. The van der Waals surface area contributed by atoms with Crippen LogP contribution in [0, 0.1) is 6.92 Å². The predicted molar refractivity (Wildman–Crippen MR) is 140 cm³/mol. The van der Waals surface area contributed by atoms with Gasteiger partial charge in [-0.15, -0.1) is 0 Å². The molecule has 0 aliphatic heterocycles. The normalized spacial score (nSPS) is 12.0. The molecule has 2 aromatic carbocycles. The first-order valence-corrected chi connectivity index (χ1v) is 13.1. The summed E-state index contributed by atoms with van der Waals surface area (Å²) in [4.78, 5) is 9.17. The van der Waals surface area contributed by atoms with Gasteiger partial charge in [0, 0.05) is 37.1 Å². The molecule has 8 heteroatoms. The topological polar surface area (TPSA) is 89.8 Å². The van der Waals surface area contributed by atoms with Gasteiger partial charge in [-0.25, -0.2) is 18.4 Å². The summed E-state index contributed by atoms with van der Waals surface area (Å²) in [5.74, 6) is 0.542. The minimum absolute atomic E-state index is 0.0228. The van der Waals surface area contributed by atoms with E-state index in [4.69, 9.17) is 4.98 Å². The summed E-state index contributed by atoms with van der Waals surface area (Å²) in [5, 5.41) is 7.50. The van der Waals surface area contributed by atoms with Crippen LogP contribution < -0.4 is 5.32 Å². The van der Waals surface area contributed by atoms with Crippen LogP contribution >= 0.6 is 0 Å². The molecular formula is C27H31N5O2S. The van der Waals surface area contributed by atoms with Crippen molar-refractivity contribution in [2.75, 3.05) is 5.32 Å². The summed E-state index contributed by atoms with van der Waals surface area (Å²) in [6, 6.07) is 15.8. The zero-order valence-electron chi connectivity index (χ0n) is 20.8. The van der Waals surface area contributed by atoms with Gasteiger partial charge in [0.1, 0.15) is 0 Å². The molecule has 4 aromatic rings. The molecule has 0 fully saturated rings. The molecule has 0 spiro atoms. The molecule has 35 heavy (non-hydrogen) atoms. The third kappa shape index (κ3) is 5.95. The first-order valence-electron chi connectivity index (χ1n) is 11.5. The van der Waals surface area contributed by atoms with E-state index in [0.29, 0.717) is 12.4 Å². The number of aromatic nitrogens is 4. The Labute approximate surface area is 207 Å². The molecule has 0 aliphatic rings. The number of nitrogens with one attached hydrogen (secondary N) is 1. The van der Waals surface area contributed by atoms with Crippen molar-refractivity contribution in [3.8, 4) is 11.1 Å². The second-order valence-electron chi connectivity index (χ2n) is 9.80. The van der Waals surface area contributed by atoms with Gasteiger partial charge >= 0.3 is 0 Å². The fourth-order valence-electron chi connectivity index (χ4n) is 3.62. The number of nitrogens with zero attached hydrogens (tertiary/aromatic N) is 4. The van der Waals surface area contributed by atoms with Crippen molar-refractivity contribution < 1.29 is 8.42 Å². The summed E-state index contributed by atoms with van der Waals surface area (Å²) in [6.45, 7) is 7.18. The smallest absolute Gasteiger partial charge is 0.227 e. The van der Waals surface area contributed by atoms with Gasteiger partial charge in [-0.1, -0.05) is 36.4 Å². The molecule has 4 rings (SSSR count). The third-order valence-corrected chi connectivity index (χ3v) is 8.49. The van der Waals surface area contributed by atoms with E-state index >= 15 is 0 Å². The molecule has 1 N–H and O–H groups in total. The molecule has 0 atom stereocenters. The fourth-order valence-corrected chi connectivity index (χ4v) is 4.67. The minimum atomic E-state index is -3.25. The summed E-state index contributed by atoms with van der Waals surface area (Å²) in [5.41, 5.74) is 6.71. The molecule has 0 amide bonds. The SMILES string of the molecule is Cc1cnc(Nc2ccc(-c3cnn(C)c3)cc2)nc1Cc1cccc(CS(=O)(=O)C(C)(C)C)c1. The molecule has 0 aliphatic carbocycles. The summed E-state index contributed by atoms with van der Waals surface area (Å²) in [7, 11) is -1.35. The van der Waals surface area contributed by atoms with Crippen molar-refractivity contribution in [3.63, 3.8) is 0 Å². The van der Waals surface area contributed by atoms with Gasteiger partial charge in [0.25, 0.3) is 0 Å². The van der Waals surface area contributed by atoms with Gasteiger partial charge in [0.05, 0.1) is 22.4 Å². The van der Waals surface area contributed by atoms with Crippen LogP contribution in [0.3, 0.4) is 0 Å².